The van der Waals surface area contributed by atoms with E-state index in [1.54, 1.807) is 14.2 Å². The van der Waals surface area contributed by atoms with Crippen molar-refractivity contribution < 1.29 is 28.5 Å². The van der Waals surface area contributed by atoms with E-state index < -0.39 is 5.41 Å². The van der Waals surface area contributed by atoms with Crippen LogP contribution in [0.4, 0.5) is 5.69 Å². The molecule has 0 aliphatic carbocycles. The van der Waals surface area contributed by atoms with Gasteiger partial charge in [-0.15, -0.1) is 0 Å². The Hall–Kier alpha value is -1.99. The second-order valence-corrected chi connectivity index (χ2v) is 8.83. The van der Waals surface area contributed by atoms with Gasteiger partial charge in [0.2, 0.25) is 0 Å². The first-order chi connectivity index (χ1) is 13.5. The van der Waals surface area contributed by atoms with Gasteiger partial charge in [-0.3, -0.25) is 4.79 Å². The molecule has 7 heteroatoms. The first-order valence-electron chi connectivity index (χ1n) is 9.83. The summed E-state index contributed by atoms with van der Waals surface area (Å²) in [6, 6.07) is 3.79. The van der Waals surface area contributed by atoms with E-state index in [0.717, 1.165) is 5.69 Å². The van der Waals surface area contributed by atoms with Crippen LogP contribution in [0.25, 0.3) is 0 Å². The lowest BCUT2D eigenvalue weighted by atomic mass is 9.97. The van der Waals surface area contributed by atoms with Gasteiger partial charge in [0.25, 0.3) is 0 Å². The molecule has 1 aromatic carbocycles. The van der Waals surface area contributed by atoms with Crippen LogP contribution < -0.4 is 14.8 Å². The maximum atomic E-state index is 12.3. The van der Waals surface area contributed by atoms with Gasteiger partial charge < -0.3 is 29.0 Å². The van der Waals surface area contributed by atoms with Crippen molar-refractivity contribution in [2.75, 3.05) is 46.0 Å². The molecule has 7 nitrogen and oxygen atoms in total. The number of benzene rings is 1. The van der Waals surface area contributed by atoms with Gasteiger partial charge in [0, 0.05) is 37.6 Å². The van der Waals surface area contributed by atoms with Crippen molar-refractivity contribution >= 4 is 11.7 Å². The molecule has 0 saturated heterocycles. The molecule has 1 N–H and O–H groups in total. The van der Waals surface area contributed by atoms with Gasteiger partial charge in [0.1, 0.15) is 31.3 Å². The average molecular weight is 412 g/mol. The number of esters is 1. The number of methoxy groups -OCH3 is 2. The number of nitrogens with one attached hydrogen (secondary N) is 1. The van der Waals surface area contributed by atoms with E-state index in [4.69, 9.17) is 23.7 Å². The Bertz CT molecular complexity index is 615. The van der Waals surface area contributed by atoms with Crippen LogP contribution >= 0.6 is 0 Å². The van der Waals surface area contributed by atoms with Crippen LogP contribution in [0.5, 0.6) is 11.5 Å². The molecule has 0 amide bonds. The highest BCUT2D eigenvalue weighted by Gasteiger charge is 2.25. The summed E-state index contributed by atoms with van der Waals surface area (Å²) in [5, 5.41) is 3.43. The van der Waals surface area contributed by atoms with Gasteiger partial charge in [-0.05, 0) is 41.5 Å². The molecule has 0 aliphatic rings. The maximum absolute atomic E-state index is 12.3. The van der Waals surface area contributed by atoms with Gasteiger partial charge in [-0.25, -0.2) is 0 Å². The van der Waals surface area contributed by atoms with Gasteiger partial charge in [-0.2, -0.15) is 0 Å². The molecule has 0 spiro atoms. The second-order valence-electron chi connectivity index (χ2n) is 8.83. The van der Waals surface area contributed by atoms with Gasteiger partial charge in [0.05, 0.1) is 24.2 Å². The number of carbonyl (C=O) groups is 1. The zero-order valence-corrected chi connectivity index (χ0v) is 19.1. The lowest BCUT2D eigenvalue weighted by Crippen LogP contribution is -2.26. The first kappa shape index (κ1) is 25.0. The number of rotatable bonds is 11. The number of anilines is 1. The molecule has 0 heterocycles. The van der Waals surface area contributed by atoms with E-state index in [-0.39, 0.29) is 18.1 Å². The van der Waals surface area contributed by atoms with Crippen molar-refractivity contribution in [3.05, 3.63) is 17.7 Å². The molecule has 0 aromatic heterocycles. The molecule has 0 unspecified atom stereocenters. The van der Waals surface area contributed by atoms with Gasteiger partial charge >= 0.3 is 5.97 Å². The summed E-state index contributed by atoms with van der Waals surface area (Å²) in [5.41, 5.74) is 0.785. The number of hydrogen-bond acceptors (Lipinski definition) is 7. The summed E-state index contributed by atoms with van der Waals surface area (Å²) in [5.74, 6) is 0.885. The minimum atomic E-state index is -0.595. The molecule has 29 heavy (non-hydrogen) atoms. The molecular formula is C22H37NO6. The predicted molar refractivity (Wildman–Crippen MR) is 114 cm³/mol. The van der Waals surface area contributed by atoms with E-state index in [0.29, 0.717) is 43.5 Å². The van der Waals surface area contributed by atoms with E-state index in [1.165, 1.54) is 0 Å². The van der Waals surface area contributed by atoms with E-state index in [2.05, 4.69) is 26.1 Å². The fraction of sp³-hybridized carbons (Fsp3) is 0.682. The smallest absolute Gasteiger partial charge is 0.311 e. The molecule has 0 aliphatic heterocycles. The quantitative estimate of drug-likeness (QED) is 0.435. The highest BCUT2D eigenvalue weighted by atomic mass is 16.5. The Morgan fingerprint density at radius 1 is 0.862 bits per heavy atom. The largest absolute Gasteiger partial charge is 0.491 e. The van der Waals surface area contributed by atoms with E-state index in [9.17, 15) is 4.79 Å². The molecule has 0 bridgehead atoms. The maximum Gasteiger partial charge on any atom is 0.311 e. The van der Waals surface area contributed by atoms with Crippen molar-refractivity contribution in [2.45, 2.75) is 53.7 Å². The summed E-state index contributed by atoms with van der Waals surface area (Å²) in [6.45, 7) is 13.3. The third kappa shape index (κ3) is 9.37. The van der Waals surface area contributed by atoms with Crippen LogP contribution in [0, 0.1) is 5.41 Å². The number of hydrogen-bond donors (Lipinski definition) is 1. The average Bonchev–Trinajstić information content (AvgIpc) is 2.59. The monoisotopic (exact) mass is 411 g/mol. The molecule has 0 saturated carbocycles. The highest BCUT2D eigenvalue weighted by Crippen LogP contribution is 2.35. The topological polar surface area (TPSA) is 75.2 Å². The van der Waals surface area contributed by atoms with Gasteiger partial charge in [0.15, 0.2) is 0 Å². The summed E-state index contributed by atoms with van der Waals surface area (Å²) >= 11 is 0. The fourth-order valence-corrected chi connectivity index (χ4v) is 2.35. The molecular weight excluding hydrogens is 374 g/mol. The van der Waals surface area contributed by atoms with Crippen molar-refractivity contribution in [2.24, 2.45) is 5.41 Å². The Morgan fingerprint density at radius 2 is 1.34 bits per heavy atom. The normalized spacial score (nSPS) is 11.9. The van der Waals surface area contributed by atoms with Crippen LogP contribution in [-0.2, 0) is 25.6 Å². The summed E-state index contributed by atoms with van der Waals surface area (Å²) in [6.07, 6.45) is 0. The molecule has 1 aromatic rings. The van der Waals surface area contributed by atoms with Crippen LogP contribution in [-0.4, -0.2) is 52.2 Å². The van der Waals surface area contributed by atoms with Crippen LogP contribution in [0.3, 0.4) is 0 Å². The Kier molecular flexibility index (Phi) is 9.73. The summed E-state index contributed by atoms with van der Waals surface area (Å²) in [4.78, 5) is 12.3. The lowest BCUT2D eigenvalue weighted by molar-refractivity contribution is -0.154. The molecule has 166 valence electrons. The zero-order valence-electron chi connectivity index (χ0n) is 19.1. The zero-order chi connectivity index (χ0) is 22.1. The minimum absolute atomic E-state index is 0.0521. The molecule has 0 atom stereocenters. The van der Waals surface area contributed by atoms with Crippen LogP contribution in [0.15, 0.2) is 12.1 Å². The summed E-state index contributed by atoms with van der Waals surface area (Å²) in [7, 11) is 3.23. The first-order valence-corrected chi connectivity index (χ1v) is 9.83. The second kappa shape index (κ2) is 11.3. The molecule has 1 rings (SSSR count). The number of ether oxygens (including phenoxy) is 5. The highest BCUT2D eigenvalue weighted by molar-refractivity contribution is 5.75. The Balaban J connectivity index is 3.25. The van der Waals surface area contributed by atoms with Crippen molar-refractivity contribution in [3.8, 4) is 11.5 Å². The Morgan fingerprint density at radius 3 is 1.72 bits per heavy atom. The third-order valence-electron chi connectivity index (χ3n) is 3.74. The lowest BCUT2D eigenvalue weighted by Gasteiger charge is -2.25. The standard InChI is InChI=1S/C22H37NO6/c1-21(2,3)20(24)29-15-17-18(27-11-9-25-7)13-16(23-22(4,5)6)14-19(17)28-12-10-26-8/h13-14,23H,9-12,15H2,1-8H3. The minimum Gasteiger partial charge on any atom is -0.491 e. The van der Waals surface area contributed by atoms with Crippen LogP contribution in [0.1, 0.15) is 47.1 Å². The van der Waals surface area contributed by atoms with Gasteiger partial charge in [-0.1, -0.05) is 0 Å². The van der Waals surface area contributed by atoms with E-state index >= 15 is 0 Å². The number of carbonyl (C=O) groups excluding carboxylic acids is 1. The van der Waals surface area contributed by atoms with Crippen molar-refractivity contribution in [1.82, 2.24) is 0 Å². The van der Waals surface area contributed by atoms with E-state index in [1.807, 2.05) is 32.9 Å². The third-order valence-corrected chi connectivity index (χ3v) is 3.74. The molecule has 0 radical (unpaired) electrons. The molecule has 0 fully saturated rings. The Labute approximate surface area is 175 Å². The fourth-order valence-electron chi connectivity index (χ4n) is 2.35. The predicted octanol–water partition coefficient (Wildman–Crippen LogP) is 4.04. The summed E-state index contributed by atoms with van der Waals surface area (Å²) < 4.78 is 27.6. The van der Waals surface area contributed by atoms with Crippen LogP contribution in [0.2, 0.25) is 0 Å². The van der Waals surface area contributed by atoms with Crippen molar-refractivity contribution in [3.63, 3.8) is 0 Å². The SMILES string of the molecule is COCCOc1cc(NC(C)(C)C)cc(OCCOC)c1COC(=O)C(C)(C)C. The van der Waals surface area contributed by atoms with Crippen molar-refractivity contribution in [1.29, 1.82) is 0 Å².